The Morgan fingerprint density at radius 1 is 1.44 bits per heavy atom. The van der Waals surface area contributed by atoms with Crippen LogP contribution in [-0.4, -0.2) is 25.9 Å². The third-order valence-electron chi connectivity index (χ3n) is 2.27. The summed E-state index contributed by atoms with van der Waals surface area (Å²) >= 11 is 1.40. The predicted octanol–water partition coefficient (Wildman–Crippen LogP) is 1.63. The molecule has 8 heteroatoms. The number of H-pyrrole nitrogens is 1. The Hall–Kier alpha value is -2.09. The second-order valence-corrected chi connectivity index (χ2v) is 4.55. The Labute approximate surface area is 107 Å². The van der Waals surface area contributed by atoms with Gasteiger partial charge in [-0.1, -0.05) is 30.0 Å². The topological polar surface area (TPSA) is 111 Å². The van der Waals surface area contributed by atoms with E-state index in [1.807, 2.05) is 0 Å². The van der Waals surface area contributed by atoms with Crippen LogP contribution in [0.25, 0.3) is 0 Å². The van der Waals surface area contributed by atoms with E-state index >= 15 is 0 Å². The number of para-hydroxylation sites is 1. The van der Waals surface area contributed by atoms with Gasteiger partial charge < -0.3 is 5.73 Å². The molecule has 3 N–H and O–H groups in total. The van der Waals surface area contributed by atoms with Crippen LogP contribution in [0.2, 0.25) is 0 Å². The van der Waals surface area contributed by atoms with E-state index in [0.717, 1.165) is 0 Å². The van der Waals surface area contributed by atoms with E-state index < -0.39 is 0 Å². The summed E-state index contributed by atoms with van der Waals surface area (Å²) in [5.41, 5.74) is 6.25. The second kappa shape index (κ2) is 5.50. The van der Waals surface area contributed by atoms with Gasteiger partial charge in [0.1, 0.15) is 0 Å². The number of nitro benzene ring substituents is 1. The number of rotatable bonds is 5. The van der Waals surface area contributed by atoms with Gasteiger partial charge in [-0.05, 0) is 6.42 Å². The number of thioether (sulfide) groups is 1. The van der Waals surface area contributed by atoms with E-state index in [-0.39, 0.29) is 16.6 Å². The number of nitrogens with two attached hydrogens (primary N) is 1. The quantitative estimate of drug-likeness (QED) is 0.483. The standard InChI is InChI=1S/C10H11N5O2S/c11-9-12-10(14-13-9)18-6-5-7-3-1-2-4-8(7)15(16)17/h1-4H,5-6H2,(H3,11,12,13,14). The number of nitro groups is 1. The lowest BCUT2D eigenvalue weighted by atomic mass is 10.1. The lowest BCUT2D eigenvalue weighted by Crippen LogP contribution is -1.97. The number of aromatic amines is 1. The van der Waals surface area contributed by atoms with Gasteiger partial charge in [-0.25, -0.2) is 5.10 Å². The molecule has 0 aliphatic carbocycles. The van der Waals surface area contributed by atoms with Crippen molar-refractivity contribution in [2.24, 2.45) is 0 Å². The fourth-order valence-electron chi connectivity index (χ4n) is 1.48. The van der Waals surface area contributed by atoms with Crippen LogP contribution in [-0.2, 0) is 6.42 Å². The average molecular weight is 265 g/mol. The molecule has 1 aromatic carbocycles. The average Bonchev–Trinajstić information content (AvgIpc) is 2.75. The van der Waals surface area contributed by atoms with E-state index in [1.165, 1.54) is 17.8 Å². The first-order chi connectivity index (χ1) is 8.66. The Morgan fingerprint density at radius 2 is 2.22 bits per heavy atom. The SMILES string of the molecule is Nc1nc(SCCc2ccccc2[N+](=O)[O-])n[nH]1. The van der Waals surface area contributed by atoms with Gasteiger partial charge in [0, 0.05) is 17.4 Å². The van der Waals surface area contributed by atoms with Crippen molar-refractivity contribution < 1.29 is 4.92 Å². The van der Waals surface area contributed by atoms with Crippen molar-refractivity contribution in [1.82, 2.24) is 15.2 Å². The molecular formula is C10H11N5O2S. The predicted molar refractivity (Wildman–Crippen MR) is 68.3 cm³/mol. The van der Waals surface area contributed by atoms with Gasteiger partial charge in [0.05, 0.1) is 4.92 Å². The molecule has 2 aromatic rings. The number of hydrogen-bond acceptors (Lipinski definition) is 6. The molecule has 0 aliphatic heterocycles. The van der Waals surface area contributed by atoms with Crippen molar-refractivity contribution in [3.63, 3.8) is 0 Å². The van der Waals surface area contributed by atoms with E-state index in [1.54, 1.807) is 18.2 Å². The van der Waals surface area contributed by atoms with Crippen molar-refractivity contribution in [2.45, 2.75) is 11.6 Å². The zero-order valence-electron chi connectivity index (χ0n) is 9.37. The lowest BCUT2D eigenvalue weighted by Gasteiger charge is -2.01. The molecule has 0 saturated carbocycles. The van der Waals surface area contributed by atoms with Crippen molar-refractivity contribution >= 4 is 23.4 Å². The highest BCUT2D eigenvalue weighted by molar-refractivity contribution is 7.99. The third kappa shape index (κ3) is 2.98. The van der Waals surface area contributed by atoms with Crippen molar-refractivity contribution in [1.29, 1.82) is 0 Å². The number of nitrogens with one attached hydrogen (secondary N) is 1. The van der Waals surface area contributed by atoms with Crippen LogP contribution in [0.4, 0.5) is 11.6 Å². The van der Waals surface area contributed by atoms with Crippen LogP contribution in [0.5, 0.6) is 0 Å². The van der Waals surface area contributed by atoms with Gasteiger partial charge in [-0.2, -0.15) is 4.98 Å². The Bertz CT molecular complexity index is 557. The molecule has 0 atom stereocenters. The second-order valence-electron chi connectivity index (χ2n) is 3.49. The fraction of sp³-hybridized carbons (Fsp3) is 0.200. The summed E-state index contributed by atoms with van der Waals surface area (Å²) in [4.78, 5) is 14.4. The summed E-state index contributed by atoms with van der Waals surface area (Å²) in [6.45, 7) is 0. The molecule has 0 saturated heterocycles. The van der Waals surface area contributed by atoms with Crippen LogP contribution < -0.4 is 5.73 Å². The highest BCUT2D eigenvalue weighted by atomic mass is 32.2. The molecule has 2 rings (SSSR count). The molecular weight excluding hydrogens is 254 g/mol. The minimum Gasteiger partial charge on any atom is -0.368 e. The molecule has 0 aliphatic rings. The summed E-state index contributed by atoms with van der Waals surface area (Å²) in [7, 11) is 0. The Balaban J connectivity index is 1.96. The zero-order chi connectivity index (χ0) is 13.0. The van der Waals surface area contributed by atoms with Crippen LogP contribution >= 0.6 is 11.8 Å². The van der Waals surface area contributed by atoms with E-state index in [2.05, 4.69) is 15.2 Å². The summed E-state index contributed by atoms with van der Waals surface area (Å²) in [6.07, 6.45) is 0.580. The van der Waals surface area contributed by atoms with Gasteiger partial charge in [0.15, 0.2) is 0 Å². The van der Waals surface area contributed by atoms with Crippen molar-refractivity contribution in [3.8, 4) is 0 Å². The summed E-state index contributed by atoms with van der Waals surface area (Å²) in [5.74, 6) is 0.922. The molecule has 94 valence electrons. The number of nitrogens with zero attached hydrogens (tertiary/aromatic N) is 3. The molecule has 0 amide bonds. The highest BCUT2D eigenvalue weighted by Gasteiger charge is 2.12. The summed E-state index contributed by atoms with van der Waals surface area (Å²) < 4.78 is 0. The molecule has 7 nitrogen and oxygen atoms in total. The van der Waals surface area contributed by atoms with Gasteiger partial charge in [0.25, 0.3) is 5.69 Å². The molecule has 18 heavy (non-hydrogen) atoms. The maximum atomic E-state index is 10.8. The number of hydrogen-bond donors (Lipinski definition) is 2. The third-order valence-corrected chi connectivity index (χ3v) is 3.12. The van der Waals surface area contributed by atoms with Crippen LogP contribution in [0, 0.1) is 10.1 Å². The van der Waals surface area contributed by atoms with Gasteiger partial charge in [0.2, 0.25) is 11.1 Å². The summed E-state index contributed by atoms with van der Waals surface area (Å²) in [6, 6.07) is 6.71. The van der Waals surface area contributed by atoms with Crippen LogP contribution in [0.3, 0.4) is 0 Å². The molecule has 0 spiro atoms. The summed E-state index contributed by atoms with van der Waals surface area (Å²) in [5, 5.41) is 17.8. The molecule has 1 aromatic heterocycles. The number of benzene rings is 1. The highest BCUT2D eigenvalue weighted by Crippen LogP contribution is 2.21. The Morgan fingerprint density at radius 3 is 2.89 bits per heavy atom. The first-order valence-electron chi connectivity index (χ1n) is 5.20. The maximum Gasteiger partial charge on any atom is 0.272 e. The van der Waals surface area contributed by atoms with E-state index in [0.29, 0.717) is 22.9 Å². The van der Waals surface area contributed by atoms with Crippen molar-refractivity contribution in [2.75, 3.05) is 11.5 Å². The Kier molecular flexibility index (Phi) is 3.78. The molecule has 0 unspecified atom stereocenters. The number of aryl methyl sites for hydroxylation is 1. The smallest absolute Gasteiger partial charge is 0.272 e. The van der Waals surface area contributed by atoms with Gasteiger partial charge in [-0.3, -0.25) is 10.1 Å². The first-order valence-corrected chi connectivity index (χ1v) is 6.18. The first kappa shape index (κ1) is 12.4. The molecule has 1 heterocycles. The maximum absolute atomic E-state index is 10.8. The van der Waals surface area contributed by atoms with Gasteiger partial charge in [-0.15, -0.1) is 5.10 Å². The molecule has 0 bridgehead atoms. The van der Waals surface area contributed by atoms with Crippen LogP contribution in [0.15, 0.2) is 29.4 Å². The largest absolute Gasteiger partial charge is 0.368 e. The zero-order valence-corrected chi connectivity index (χ0v) is 10.2. The van der Waals surface area contributed by atoms with Crippen LogP contribution in [0.1, 0.15) is 5.56 Å². The molecule has 0 radical (unpaired) electrons. The minimum absolute atomic E-state index is 0.146. The van der Waals surface area contributed by atoms with Crippen molar-refractivity contribution in [3.05, 3.63) is 39.9 Å². The fourth-order valence-corrected chi connectivity index (χ4v) is 2.25. The molecule has 0 fully saturated rings. The monoisotopic (exact) mass is 265 g/mol. The number of nitrogen functional groups attached to an aromatic ring is 1. The van der Waals surface area contributed by atoms with Gasteiger partial charge >= 0.3 is 0 Å². The minimum atomic E-state index is -0.370. The normalized spacial score (nSPS) is 10.4. The lowest BCUT2D eigenvalue weighted by molar-refractivity contribution is -0.385. The van der Waals surface area contributed by atoms with E-state index in [4.69, 9.17) is 5.73 Å². The van der Waals surface area contributed by atoms with E-state index in [9.17, 15) is 10.1 Å². The number of anilines is 1. The number of aromatic nitrogens is 3.